The van der Waals surface area contributed by atoms with Gasteiger partial charge < -0.3 is 20.3 Å². The van der Waals surface area contributed by atoms with Crippen molar-refractivity contribution in [3.63, 3.8) is 0 Å². The van der Waals surface area contributed by atoms with Crippen LogP contribution >= 0.6 is 24.0 Å². The topological polar surface area (TPSA) is 58.8 Å². The van der Waals surface area contributed by atoms with Crippen LogP contribution in [0.2, 0.25) is 5.02 Å². The summed E-state index contributed by atoms with van der Waals surface area (Å²) in [6.45, 7) is 3.92. The summed E-state index contributed by atoms with van der Waals surface area (Å²) in [6, 6.07) is 6.83. The molecule has 1 aromatic carbocycles. The first-order valence-electron chi connectivity index (χ1n) is 7.11. The predicted octanol–water partition coefficient (Wildman–Crippen LogP) is 1.38. The van der Waals surface area contributed by atoms with E-state index >= 15 is 0 Å². The van der Waals surface area contributed by atoms with E-state index in [1.165, 1.54) is 0 Å². The molecule has 0 aliphatic carbocycles. The number of carbonyl (C=O) groups excluding carboxylic acids is 1. The van der Waals surface area contributed by atoms with Crippen LogP contribution in [0.5, 0.6) is 0 Å². The standard InChI is InChI=1S/C15H22ClN3O2.ClH/c1-18-6-8-19(9-7-18)15(20)14(17)11-21-10-12-2-4-13(16)5-3-12;/h2-5,14H,6-11,17H2,1H3;1H. The lowest BCUT2D eigenvalue weighted by Crippen LogP contribution is -2.53. The van der Waals surface area contributed by atoms with Crippen molar-refractivity contribution in [1.82, 2.24) is 9.80 Å². The summed E-state index contributed by atoms with van der Waals surface area (Å²) in [5.74, 6) is -0.0285. The number of hydrogen-bond donors (Lipinski definition) is 1. The lowest BCUT2D eigenvalue weighted by molar-refractivity contribution is -0.135. The van der Waals surface area contributed by atoms with Gasteiger partial charge in [0.05, 0.1) is 13.2 Å². The van der Waals surface area contributed by atoms with Crippen LogP contribution in [-0.2, 0) is 16.1 Å². The largest absolute Gasteiger partial charge is 0.375 e. The second kappa shape index (κ2) is 9.33. The van der Waals surface area contributed by atoms with Gasteiger partial charge in [-0.15, -0.1) is 12.4 Å². The molecule has 2 N–H and O–H groups in total. The predicted molar refractivity (Wildman–Crippen MR) is 90.4 cm³/mol. The first-order valence-corrected chi connectivity index (χ1v) is 7.49. The first-order chi connectivity index (χ1) is 10.1. The van der Waals surface area contributed by atoms with E-state index in [4.69, 9.17) is 22.1 Å². The minimum atomic E-state index is -0.597. The quantitative estimate of drug-likeness (QED) is 0.874. The number of nitrogens with zero attached hydrogens (tertiary/aromatic N) is 2. The molecule has 1 aromatic rings. The van der Waals surface area contributed by atoms with Gasteiger partial charge in [0.1, 0.15) is 6.04 Å². The zero-order chi connectivity index (χ0) is 15.2. The third-order valence-corrected chi connectivity index (χ3v) is 3.86. The molecule has 1 saturated heterocycles. The second-order valence-corrected chi connectivity index (χ2v) is 5.81. The Labute approximate surface area is 142 Å². The maximum atomic E-state index is 12.2. The van der Waals surface area contributed by atoms with Gasteiger partial charge in [-0.3, -0.25) is 4.79 Å². The number of halogens is 2. The molecule has 1 unspecified atom stereocenters. The van der Waals surface area contributed by atoms with Crippen LogP contribution in [0, 0.1) is 0 Å². The van der Waals surface area contributed by atoms with Gasteiger partial charge in [0.25, 0.3) is 0 Å². The van der Waals surface area contributed by atoms with E-state index in [-0.39, 0.29) is 24.9 Å². The van der Waals surface area contributed by atoms with Gasteiger partial charge >= 0.3 is 0 Å². The van der Waals surface area contributed by atoms with Crippen molar-refractivity contribution in [2.75, 3.05) is 39.8 Å². The molecule has 22 heavy (non-hydrogen) atoms. The third kappa shape index (κ3) is 5.74. The number of piperazine rings is 1. The number of nitrogens with two attached hydrogens (primary N) is 1. The van der Waals surface area contributed by atoms with Crippen molar-refractivity contribution >= 4 is 29.9 Å². The molecule has 2 rings (SSSR count). The fourth-order valence-corrected chi connectivity index (χ4v) is 2.34. The van der Waals surface area contributed by atoms with Crippen LogP contribution in [0.1, 0.15) is 5.56 Å². The maximum Gasteiger partial charge on any atom is 0.241 e. The van der Waals surface area contributed by atoms with Gasteiger partial charge in [-0.05, 0) is 24.7 Å². The van der Waals surface area contributed by atoms with Gasteiger partial charge in [-0.2, -0.15) is 0 Å². The number of ether oxygens (including phenoxy) is 1. The Hall–Kier alpha value is -0.850. The van der Waals surface area contributed by atoms with Crippen molar-refractivity contribution < 1.29 is 9.53 Å². The average Bonchev–Trinajstić information content (AvgIpc) is 2.49. The first kappa shape index (κ1) is 19.2. The highest BCUT2D eigenvalue weighted by Gasteiger charge is 2.24. The van der Waals surface area contributed by atoms with E-state index in [0.29, 0.717) is 11.6 Å². The molecule has 1 fully saturated rings. The summed E-state index contributed by atoms with van der Waals surface area (Å²) < 4.78 is 5.53. The number of carbonyl (C=O) groups is 1. The van der Waals surface area contributed by atoms with Gasteiger partial charge in [0.2, 0.25) is 5.91 Å². The summed E-state index contributed by atoms with van der Waals surface area (Å²) >= 11 is 5.82. The van der Waals surface area contributed by atoms with Crippen LogP contribution in [-0.4, -0.2) is 61.6 Å². The Morgan fingerprint density at radius 2 is 1.86 bits per heavy atom. The Morgan fingerprint density at radius 1 is 1.27 bits per heavy atom. The molecule has 1 aliphatic heterocycles. The molecule has 1 heterocycles. The minimum Gasteiger partial charge on any atom is -0.375 e. The van der Waals surface area contributed by atoms with Crippen molar-refractivity contribution in [2.24, 2.45) is 5.73 Å². The molecule has 0 spiro atoms. The van der Waals surface area contributed by atoms with Gasteiger partial charge in [-0.1, -0.05) is 23.7 Å². The number of likely N-dealkylation sites (N-methyl/N-ethyl adjacent to an activating group) is 1. The zero-order valence-corrected chi connectivity index (χ0v) is 14.3. The molecule has 0 bridgehead atoms. The molecule has 1 amide bonds. The molecule has 5 nitrogen and oxygen atoms in total. The van der Waals surface area contributed by atoms with Gasteiger partial charge in [0, 0.05) is 31.2 Å². The van der Waals surface area contributed by atoms with Crippen molar-refractivity contribution in [3.8, 4) is 0 Å². The Morgan fingerprint density at radius 3 is 2.45 bits per heavy atom. The summed E-state index contributed by atoms with van der Waals surface area (Å²) in [6.07, 6.45) is 0. The summed E-state index contributed by atoms with van der Waals surface area (Å²) in [7, 11) is 2.05. The van der Waals surface area contributed by atoms with E-state index in [1.54, 1.807) is 0 Å². The van der Waals surface area contributed by atoms with Crippen LogP contribution in [0.4, 0.5) is 0 Å². The highest BCUT2D eigenvalue weighted by Crippen LogP contribution is 2.10. The Bertz CT molecular complexity index is 462. The van der Waals surface area contributed by atoms with Crippen molar-refractivity contribution in [2.45, 2.75) is 12.6 Å². The van der Waals surface area contributed by atoms with E-state index in [0.717, 1.165) is 31.7 Å². The van der Waals surface area contributed by atoms with Crippen LogP contribution in [0.3, 0.4) is 0 Å². The molecule has 1 atom stereocenters. The number of hydrogen-bond acceptors (Lipinski definition) is 4. The third-order valence-electron chi connectivity index (χ3n) is 3.61. The number of benzene rings is 1. The van der Waals surface area contributed by atoms with Gasteiger partial charge in [0.15, 0.2) is 0 Å². The normalized spacial score (nSPS) is 17.0. The fraction of sp³-hybridized carbons (Fsp3) is 0.533. The van der Waals surface area contributed by atoms with Crippen molar-refractivity contribution in [3.05, 3.63) is 34.9 Å². The number of rotatable bonds is 5. The molecular weight excluding hydrogens is 325 g/mol. The Kier molecular flexibility index (Phi) is 8.14. The van der Waals surface area contributed by atoms with E-state index in [2.05, 4.69) is 11.9 Å². The highest BCUT2D eigenvalue weighted by molar-refractivity contribution is 6.30. The lowest BCUT2D eigenvalue weighted by atomic mass is 10.2. The van der Waals surface area contributed by atoms with E-state index < -0.39 is 6.04 Å². The molecule has 0 radical (unpaired) electrons. The fourth-order valence-electron chi connectivity index (χ4n) is 2.22. The molecular formula is C15H23Cl2N3O2. The van der Waals surface area contributed by atoms with Crippen LogP contribution in [0.25, 0.3) is 0 Å². The summed E-state index contributed by atoms with van der Waals surface area (Å²) in [5, 5.41) is 0.695. The second-order valence-electron chi connectivity index (χ2n) is 5.38. The monoisotopic (exact) mass is 347 g/mol. The van der Waals surface area contributed by atoms with Gasteiger partial charge in [-0.25, -0.2) is 0 Å². The van der Waals surface area contributed by atoms with E-state index in [9.17, 15) is 4.79 Å². The highest BCUT2D eigenvalue weighted by atomic mass is 35.5. The van der Waals surface area contributed by atoms with Crippen LogP contribution < -0.4 is 5.73 Å². The zero-order valence-electron chi connectivity index (χ0n) is 12.7. The smallest absolute Gasteiger partial charge is 0.241 e. The summed E-state index contributed by atoms with van der Waals surface area (Å²) in [5.41, 5.74) is 6.93. The lowest BCUT2D eigenvalue weighted by Gasteiger charge is -2.33. The molecule has 0 aromatic heterocycles. The molecule has 0 saturated carbocycles. The molecule has 7 heteroatoms. The SMILES string of the molecule is CN1CCN(C(=O)C(N)COCc2ccc(Cl)cc2)CC1.Cl. The maximum absolute atomic E-state index is 12.2. The summed E-state index contributed by atoms with van der Waals surface area (Å²) in [4.78, 5) is 16.2. The van der Waals surface area contributed by atoms with Crippen molar-refractivity contribution in [1.29, 1.82) is 0 Å². The average molecular weight is 348 g/mol. The Balaban J connectivity index is 0.00000242. The molecule has 1 aliphatic rings. The minimum absolute atomic E-state index is 0. The molecule has 124 valence electrons. The number of amides is 1. The van der Waals surface area contributed by atoms with E-state index in [1.807, 2.05) is 29.2 Å². The van der Waals surface area contributed by atoms with Crippen LogP contribution in [0.15, 0.2) is 24.3 Å².